The van der Waals surface area contributed by atoms with Crippen molar-refractivity contribution in [2.75, 3.05) is 26.7 Å². The molecule has 4 nitrogen and oxygen atoms in total. The number of nitrogens with two attached hydrogens (primary N) is 1. The first-order valence-corrected chi connectivity index (χ1v) is 8.09. The summed E-state index contributed by atoms with van der Waals surface area (Å²) < 4.78 is 13.8. The number of guanidine groups is 1. The summed E-state index contributed by atoms with van der Waals surface area (Å²) in [5, 5.41) is 3.32. The van der Waals surface area contributed by atoms with Gasteiger partial charge in [-0.2, -0.15) is 0 Å². The van der Waals surface area contributed by atoms with Crippen molar-refractivity contribution < 1.29 is 4.39 Å². The Bertz CT molecular complexity index is 608. The van der Waals surface area contributed by atoms with E-state index in [0.29, 0.717) is 25.0 Å². The molecule has 0 bridgehead atoms. The van der Waals surface area contributed by atoms with Crippen LogP contribution in [0.25, 0.3) is 0 Å². The SMILES string of the molecule is C=C(C)CN=C(N)NCC1CCN(C)C1c1ccc(Cl)c(F)c1.I. The highest BCUT2D eigenvalue weighted by Gasteiger charge is 2.33. The van der Waals surface area contributed by atoms with Crippen molar-refractivity contribution in [3.63, 3.8) is 0 Å². The minimum Gasteiger partial charge on any atom is -0.370 e. The summed E-state index contributed by atoms with van der Waals surface area (Å²) in [7, 11) is 2.05. The normalized spacial score (nSPS) is 21.4. The van der Waals surface area contributed by atoms with Gasteiger partial charge in [0.05, 0.1) is 11.6 Å². The van der Waals surface area contributed by atoms with E-state index in [9.17, 15) is 4.39 Å². The van der Waals surface area contributed by atoms with Crippen LogP contribution in [0.2, 0.25) is 5.02 Å². The first-order valence-electron chi connectivity index (χ1n) is 7.72. The molecule has 2 rings (SSSR count). The van der Waals surface area contributed by atoms with Crippen LogP contribution >= 0.6 is 35.6 Å². The molecule has 3 N–H and O–H groups in total. The number of rotatable bonds is 5. The molecule has 1 aliphatic heterocycles. The van der Waals surface area contributed by atoms with Gasteiger partial charge in [-0.05, 0) is 50.6 Å². The minimum atomic E-state index is -0.376. The van der Waals surface area contributed by atoms with Gasteiger partial charge in [0.25, 0.3) is 0 Å². The van der Waals surface area contributed by atoms with Crippen molar-refractivity contribution in [2.24, 2.45) is 16.6 Å². The van der Waals surface area contributed by atoms with Crippen LogP contribution in [0.3, 0.4) is 0 Å². The molecule has 1 aliphatic rings. The highest BCUT2D eigenvalue weighted by molar-refractivity contribution is 14.0. The number of hydrogen-bond donors (Lipinski definition) is 2. The van der Waals surface area contributed by atoms with Gasteiger partial charge in [0.1, 0.15) is 5.82 Å². The van der Waals surface area contributed by atoms with Crippen LogP contribution in [0.5, 0.6) is 0 Å². The van der Waals surface area contributed by atoms with Gasteiger partial charge in [-0.25, -0.2) is 9.38 Å². The summed E-state index contributed by atoms with van der Waals surface area (Å²) in [5.74, 6) is 0.376. The van der Waals surface area contributed by atoms with Crippen LogP contribution in [0.15, 0.2) is 35.3 Å². The molecule has 0 radical (unpaired) electrons. The van der Waals surface area contributed by atoms with Crippen molar-refractivity contribution in [1.82, 2.24) is 10.2 Å². The number of halogens is 3. The van der Waals surface area contributed by atoms with Crippen molar-refractivity contribution >= 4 is 41.5 Å². The number of nitrogens with zero attached hydrogens (tertiary/aromatic N) is 2. The molecule has 1 fully saturated rings. The summed E-state index contributed by atoms with van der Waals surface area (Å²) in [6.07, 6.45) is 1.02. The Hall–Kier alpha value is -0.860. The van der Waals surface area contributed by atoms with E-state index in [0.717, 1.165) is 24.1 Å². The predicted octanol–water partition coefficient (Wildman–Crippen LogP) is 3.57. The lowest BCUT2D eigenvalue weighted by Gasteiger charge is -2.26. The van der Waals surface area contributed by atoms with Crippen molar-refractivity contribution in [1.29, 1.82) is 0 Å². The maximum atomic E-state index is 13.8. The molecule has 1 aromatic carbocycles. The molecule has 134 valence electrons. The molecule has 0 amide bonds. The van der Waals surface area contributed by atoms with Gasteiger partial charge < -0.3 is 11.1 Å². The average Bonchev–Trinajstić information content (AvgIpc) is 2.87. The van der Waals surface area contributed by atoms with Gasteiger partial charge in [-0.1, -0.05) is 29.8 Å². The zero-order chi connectivity index (χ0) is 17.0. The third-order valence-electron chi connectivity index (χ3n) is 4.12. The lowest BCUT2D eigenvalue weighted by atomic mass is 9.93. The number of hydrogen-bond acceptors (Lipinski definition) is 2. The second-order valence-electron chi connectivity index (χ2n) is 6.19. The molecule has 2 unspecified atom stereocenters. The molecular weight excluding hydrogens is 442 g/mol. The van der Waals surface area contributed by atoms with Gasteiger partial charge in [0, 0.05) is 12.6 Å². The van der Waals surface area contributed by atoms with E-state index in [1.165, 1.54) is 6.07 Å². The van der Waals surface area contributed by atoms with Crippen LogP contribution in [0.1, 0.15) is 24.9 Å². The largest absolute Gasteiger partial charge is 0.370 e. The summed E-state index contributed by atoms with van der Waals surface area (Å²) in [6.45, 7) is 7.89. The molecule has 7 heteroatoms. The number of likely N-dealkylation sites (tertiary alicyclic amines) is 1. The molecule has 2 atom stereocenters. The van der Waals surface area contributed by atoms with Crippen LogP contribution in [-0.4, -0.2) is 37.5 Å². The van der Waals surface area contributed by atoms with Crippen LogP contribution in [-0.2, 0) is 0 Å². The standard InChI is InChI=1S/C17H24ClFN4.HI/c1-11(2)9-21-17(20)22-10-13-6-7-23(3)16(13)12-4-5-14(18)15(19)8-12;/h4-5,8,13,16H,1,6-7,9-10H2,2-3H3,(H3,20,21,22);1H. The van der Waals surface area contributed by atoms with E-state index in [1.807, 2.05) is 13.0 Å². The Morgan fingerprint density at radius 2 is 2.25 bits per heavy atom. The maximum Gasteiger partial charge on any atom is 0.188 e. The predicted molar refractivity (Wildman–Crippen MR) is 110 cm³/mol. The molecule has 0 saturated carbocycles. The van der Waals surface area contributed by atoms with Crippen LogP contribution in [0, 0.1) is 11.7 Å². The summed E-state index contributed by atoms with van der Waals surface area (Å²) in [6, 6.07) is 5.18. The van der Waals surface area contributed by atoms with Gasteiger partial charge in [-0.3, -0.25) is 4.90 Å². The quantitative estimate of drug-likeness (QED) is 0.302. The molecule has 1 aromatic rings. The number of benzene rings is 1. The highest BCUT2D eigenvalue weighted by Crippen LogP contribution is 2.36. The van der Waals surface area contributed by atoms with Gasteiger partial charge in [-0.15, -0.1) is 24.0 Å². The van der Waals surface area contributed by atoms with Crippen LogP contribution in [0.4, 0.5) is 4.39 Å². The fourth-order valence-electron chi connectivity index (χ4n) is 2.97. The molecular formula is C17H25ClFIN4. The Labute approximate surface area is 165 Å². The fourth-order valence-corrected chi connectivity index (χ4v) is 3.09. The van der Waals surface area contributed by atoms with E-state index >= 15 is 0 Å². The summed E-state index contributed by atoms with van der Waals surface area (Å²) in [4.78, 5) is 6.45. The fraction of sp³-hybridized carbons (Fsp3) is 0.471. The average molecular weight is 467 g/mol. The molecule has 0 aromatic heterocycles. The smallest absolute Gasteiger partial charge is 0.188 e. The van der Waals surface area contributed by atoms with Crippen molar-refractivity contribution in [3.8, 4) is 0 Å². The Kier molecular flexibility index (Phi) is 8.45. The van der Waals surface area contributed by atoms with E-state index in [2.05, 4.69) is 28.8 Å². The van der Waals surface area contributed by atoms with Crippen molar-refractivity contribution in [3.05, 3.63) is 46.8 Å². The second kappa shape index (κ2) is 9.58. The molecule has 1 heterocycles. The molecule has 24 heavy (non-hydrogen) atoms. The molecule has 1 saturated heterocycles. The minimum absolute atomic E-state index is 0. The maximum absolute atomic E-state index is 13.8. The lowest BCUT2D eigenvalue weighted by molar-refractivity contribution is 0.276. The van der Waals surface area contributed by atoms with E-state index in [1.54, 1.807) is 6.07 Å². The first-order chi connectivity index (χ1) is 10.9. The van der Waals surface area contributed by atoms with Gasteiger partial charge in [0.15, 0.2) is 5.96 Å². The van der Waals surface area contributed by atoms with E-state index in [4.69, 9.17) is 17.3 Å². The second-order valence-corrected chi connectivity index (χ2v) is 6.59. The lowest BCUT2D eigenvalue weighted by Crippen LogP contribution is -2.37. The summed E-state index contributed by atoms with van der Waals surface area (Å²) >= 11 is 5.78. The topological polar surface area (TPSA) is 53.6 Å². The van der Waals surface area contributed by atoms with E-state index in [-0.39, 0.29) is 40.9 Å². The van der Waals surface area contributed by atoms with Gasteiger partial charge >= 0.3 is 0 Å². The number of nitrogens with one attached hydrogen (secondary N) is 1. The first kappa shape index (κ1) is 21.2. The number of aliphatic imine (C=N–C) groups is 1. The van der Waals surface area contributed by atoms with Crippen LogP contribution < -0.4 is 11.1 Å². The Balaban J connectivity index is 0.00000288. The third-order valence-corrected chi connectivity index (χ3v) is 4.43. The Morgan fingerprint density at radius 3 is 2.88 bits per heavy atom. The van der Waals surface area contributed by atoms with E-state index < -0.39 is 0 Å². The zero-order valence-corrected chi connectivity index (χ0v) is 17.1. The molecule has 0 aliphatic carbocycles. The highest BCUT2D eigenvalue weighted by atomic mass is 127. The summed E-state index contributed by atoms with van der Waals surface area (Å²) in [5.41, 5.74) is 7.77. The van der Waals surface area contributed by atoms with Gasteiger partial charge in [0.2, 0.25) is 0 Å². The Morgan fingerprint density at radius 1 is 1.54 bits per heavy atom. The third kappa shape index (κ3) is 5.60. The monoisotopic (exact) mass is 466 g/mol. The zero-order valence-electron chi connectivity index (χ0n) is 14.1. The van der Waals surface area contributed by atoms with Crippen molar-refractivity contribution in [2.45, 2.75) is 19.4 Å². The molecule has 0 spiro atoms.